The van der Waals surface area contributed by atoms with Gasteiger partial charge in [0.25, 0.3) is 0 Å². The largest absolute Gasteiger partial charge is 0.383 e. The van der Waals surface area contributed by atoms with E-state index >= 15 is 0 Å². The molecule has 1 aliphatic rings. The number of sulfonamides is 1. The van der Waals surface area contributed by atoms with Crippen LogP contribution in [0, 0.1) is 0 Å². The first kappa shape index (κ1) is 16.4. The molecule has 2 N–H and O–H groups in total. The first-order valence-electron chi connectivity index (χ1n) is 7.40. The Morgan fingerprint density at radius 3 is 2.71 bits per heavy atom. The van der Waals surface area contributed by atoms with Crippen LogP contribution in [0.15, 0.2) is 23.1 Å². The van der Waals surface area contributed by atoms with E-state index in [2.05, 4.69) is 0 Å². The molecule has 0 amide bonds. The Morgan fingerprint density at radius 2 is 2.00 bits per heavy atom. The lowest BCUT2D eigenvalue weighted by molar-refractivity contribution is 0.178. The Hall–Kier alpha value is -0.950. The molecule has 0 aromatic heterocycles. The van der Waals surface area contributed by atoms with Crippen LogP contribution in [0.1, 0.15) is 24.0 Å². The molecule has 0 unspecified atom stereocenters. The Kier molecular flexibility index (Phi) is 5.75. The zero-order valence-corrected chi connectivity index (χ0v) is 13.4. The van der Waals surface area contributed by atoms with Crippen LogP contribution in [0.4, 0.5) is 0 Å². The smallest absolute Gasteiger partial charge is 0.243 e. The maximum atomic E-state index is 12.8. The van der Waals surface area contributed by atoms with Crippen molar-refractivity contribution in [3.8, 4) is 0 Å². The van der Waals surface area contributed by atoms with Crippen molar-refractivity contribution in [2.75, 3.05) is 33.4 Å². The number of rotatable bonds is 8. The van der Waals surface area contributed by atoms with E-state index in [-0.39, 0.29) is 0 Å². The van der Waals surface area contributed by atoms with Crippen LogP contribution in [0.5, 0.6) is 0 Å². The molecular formula is C15H24N2O3S. The van der Waals surface area contributed by atoms with Crippen LogP contribution < -0.4 is 5.73 Å². The quantitative estimate of drug-likeness (QED) is 0.782. The monoisotopic (exact) mass is 312 g/mol. The molecule has 21 heavy (non-hydrogen) atoms. The lowest BCUT2D eigenvalue weighted by Gasteiger charge is -2.22. The zero-order chi connectivity index (χ0) is 15.3. The number of benzene rings is 1. The van der Waals surface area contributed by atoms with Crippen LogP contribution in [0.2, 0.25) is 0 Å². The van der Waals surface area contributed by atoms with E-state index in [0.29, 0.717) is 37.6 Å². The van der Waals surface area contributed by atoms with Gasteiger partial charge in [-0.3, -0.25) is 0 Å². The molecule has 1 aromatic rings. The summed E-state index contributed by atoms with van der Waals surface area (Å²) in [6.07, 6.45) is 3.78. The summed E-state index contributed by atoms with van der Waals surface area (Å²) in [7, 11) is -1.90. The van der Waals surface area contributed by atoms with Crippen molar-refractivity contribution < 1.29 is 13.2 Å². The van der Waals surface area contributed by atoms with E-state index in [1.165, 1.54) is 15.4 Å². The van der Waals surface area contributed by atoms with Crippen LogP contribution in [-0.2, 0) is 27.6 Å². The van der Waals surface area contributed by atoms with Gasteiger partial charge in [-0.2, -0.15) is 4.31 Å². The normalized spacial score (nSPS) is 14.6. The molecule has 5 nitrogen and oxygen atoms in total. The minimum atomic E-state index is -3.47. The molecule has 0 saturated heterocycles. The second-order valence-electron chi connectivity index (χ2n) is 5.32. The highest BCUT2D eigenvalue weighted by molar-refractivity contribution is 7.89. The van der Waals surface area contributed by atoms with Crippen molar-refractivity contribution in [2.45, 2.75) is 30.6 Å². The standard InChI is InChI=1S/C15H24N2O3S/c1-20-11-10-17(9-3-8-16)21(18,19)15-7-6-13-4-2-5-14(13)12-15/h6-7,12H,2-5,8-11,16H2,1H3. The molecule has 1 aromatic carbocycles. The number of hydrogen-bond donors (Lipinski definition) is 1. The van der Waals surface area contributed by atoms with Gasteiger partial charge in [0, 0.05) is 20.2 Å². The Labute approximate surface area is 127 Å². The molecule has 118 valence electrons. The predicted octanol–water partition coefficient (Wildman–Crippen LogP) is 1.16. The van der Waals surface area contributed by atoms with Gasteiger partial charge in [0.15, 0.2) is 0 Å². The van der Waals surface area contributed by atoms with E-state index in [0.717, 1.165) is 19.3 Å². The molecule has 0 radical (unpaired) electrons. The number of ether oxygens (including phenoxy) is 1. The van der Waals surface area contributed by atoms with Crippen molar-refractivity contribution in [3.05, 3.63) is 29.3 Å². The molecule has 1 aliphatic carbocycles. The fourth-order valence-corrected chi connectivity index (χ4v) is 4.18. The third kappa shape index (κ3) is 3.83. The van der Waals surface area contributed by atoms with Gasteiger partial charge in [-0.1, -0.05) is 6.07 Å². The summed E-state index contributed by atoms with van der Waals surface area (Å²) >= 11 is 0. The number of nitrogens with two attached hydrogens (primary N) is 1. The predicted molar refractivity (Wildman–Crippen MR) is 82.8 cm³/mol. The van der Waals surface area contributed by atoms with Gasteiger partial charge in [0.1, 0.15) is 0 Å². The molecule has 0 spiro atoms. The molecule has 0 bridgehead atoms. The summed E-state index contributed by atoms with van der Waals surface area (Å²) in [5, 5.41) is 0. The van der Waals surface area contributed by atoms with E-state index in [4.69, 9.17) is 10.5 Å². The highest BCUT2D eigenvalue weighted by Crippen LogP contribution is 2.26. The van der Waals surface area contributed by atoms with Gasteiger partial charge in [-0.05, 0) is 55.5 Å². The first-order valence-corrected chi connectivity index (χ1v) is 8.84. The van der Waals surface area contributed by atoms with Crippen molar-refractivity contribution in [3.63, 3.8) is 0 Å². The van der Waals surface area contributed by atoms with Gasteiger partial charge in [-0.15, -0.1) is 0 Å². The summed E-state index contributed by atoms with van der Waals surface area (Å²) in [5.41, 5.74) is 7.95. The second kappa shape index (κ2) is 7.35. The van der Waals surface area contributed by atoms with Crippen LogP contribution in [-0.4, -0.2) is 46.1 Å². The number of aryl methyl sites for hydroxylation is 2. The number of nitrogens with zero attached hydrogens (tertiary/aromatic N) is 1. The summed E-state index contributed by atoms with van der Waals surface area (Å²) in [4.78, 5) is 0.385. The van der Waals surface area contributed by atoms with Gasteiger partial charge in [0.05, 0.1) is 11.5 Å². The summed E-state index contributed by atoms with van der Waals surface area (Å²) in [5.74, 6) is 0. The molecule has 0 fully saturated rings. The number of hydrogen-bond acceptors (Lipinski definition) is 4. The highest BCUT2D eigenvalue weighted by Gasteiger charge is 2.25. The average Bonchev–Trinajstić information content (AvgIpc) is 2.94. The fraction of sp³-hybridized carbons (Fsp3) is 0.600. The summed E-state index contributed by atoms with van der Waals surface area (Å²) in [6, 6.07) is 5.51. The van der Waals surface area contributed by atoms with Crippen molar-refractivity contribution in [1.82, 2.24) is 4.31 Å². The SMILES string of the molecule is COCCN(CCCN)S(=O)(=O)c1ccc2c(c1)CCC2. The highest BCUT2D eigenvalue weighted by atomic mass is 32.2. The lowest BCUT2D eigenvalue weighted by atomic mass is 10.1. The Bertz CT molecular complexity index is 564. The topological polar surface area (TPSA) is 72.6 Å². The van der Waals surface area contributed by atoms with Crippen LogP contribution >= 0.6 is 0 Å². The van der Waals surface area contributed by atoms with E-state index < -0.39 is 10.0 Å². The van der Waals surface area contributed by atoms with Crippen LogP contribution in [0.25, 0.3) is 0 Å². The number of methoxy groups -OCH3 is 1. The van der Waals surface area contributed by atoms with Crippen LogP contribution in [0.3, 0.4) is 0 Å². The summed E-state index contributed by atoms with van der Waals surface area (Å²) in [6.45, 7) is 1.65. The minimum absolute atomic E-state index is 0.357. The maximum Gasteiger partial charge on any atom is 0.243 e. The molecular weight excluding hydrogens is 288 g/mol. The number of fused-ring (bicyclic) bond motifs is 1. The van der Waals surface area contributed by atoms with Gasteiger partial charge >= 0.3 is 0 Å². The maximum absolute atomic E-state index is 12.8. The third-order valence-corrected chi connectivity index (χ3v) is 5.76. The molecule has 0 saturated carbocycles. The summed E-state index contributed by atoms with van der Waals surface area (Å²) < 4.78 is 32.0. The third-order valence-electron chi connectivity index (χ3n) is 3.86. The lowest BCUT2D eigenvalue weighted by Crippen LogP contribution is -2.35. The van der Waals surface area contributed by atoms with Gasteiger partial charge in [0.2, 0.25) is 10.0 Å². The van der Waals surface area contributed by atoms with Gasteiger partial charge in [-0.25, -0.2) is 8.42 Å². The van der Waals surface area contributed by atoms with Crippen molar-refractivity contribution in [2.24, 2.45) is 5.73 Å². The first-order chi connectivity index (χ1) is 10.1. The second-order valence-corrected chi connectivity index (χ2v) is 7.26. The van der Waals surface area contributed by atoms with E-state index in [1.54, 1.807) is 13.2 Å². The van der Waals surface area contributed by atoms with Crippen molar-refractivity contribution in [1.29, 1.82) is 0 Å². The molecule has 2 rings (SSSR count). The molecule has 0 atom stereocenters. The molecule has 0 heterocycles. The molecule has 6 heteroatoms. The molecule has 0 aliphatic heterocycles. The Balaban J connectivity index is 2.24. The zero-order valence-electron chi connectivity index (χ0n) is 12.5. The van der Waals surface area contributed by atoms with Crippen molar-refractivity contribution >= 4 is 10.0 Å². The van der Waals surface area contributed by atoms with E-state index in [1.807, 2.05) is 12.1 Å². The Morgan fingerprint density at radius 1 is 1.24 bits per heavy atom. The average molecular weight is 312 g/mol. The van der Waals surface area contributed by atoms with E-state index in [9.17, 15) is 8.42 Å². The minimum Gasteiger partial charge on any atom is -0.383 e. The fourth-order valence-electron chi connectivity index (χ4n) is 2.67. The van der Waals surface area contributed by atoms with Gasteiger partial charge < -0.3 is 10.5 Å².